The first-order valence-corrected chi connectivity index (χ1v) is 14.8. The fourth-order valence-electron chi connectivity index (χ4n) is 5.56. The predicted molar refractivity (Wildman–Crippen MR) is 157 cm³/mol. The number of nitrogens with one attached hydrogen (secondary N) is 1. The molecule has 1 N–H and O–H groups in total. The maximum atomic E-state index is 13.8. The van der Waals surface area contributed by atoms with Crippen molar-refractivity contribution in [3.63, 3.8) is 0 Å². The summed E-state index contributed by atoms with van der Waals surface area (Å²) in [5.74, 6) is -0.0783. The lowest BCUT2D eigenvalue weighted by molar-refractivity contribution is -0.120. The minimum Gasteiger partial charge on any atom is -0.356 e. The molecule has 39 heavy (non-hydrogen) atoms. The Hall–Kier alpha value is -3.30. The molecule has 1 aliphatic rings. The second-order valence-corrected chi connectivity index (χ2v) is 11.6. The molecule has 3 aromatic heterocycles. The lowest BCUT2D eigenvalue weighted by atomic mass is 10.0. The van der Waals surface area contributed by atoms with Gasteiger partial charge in [0, 0.05) is 35.9 Å². The van der Waals surface area contributed by atoms with E-state index in [0.29, 0.717) is 40.2 Å². The van der Waals surface area contributed by atoms with E-state index in [1.807, 2.05) is 42.1 Å². The molecule has 8 nitrogen and oxygen atoms in total. The van der Waals surface area contributed by atoms with Gasteiger partial charge in [-0.1, -0.05) is 18.6 Å². The summed E-state index contributed by atoms with van der Waals surface area (Å²) >= 11 is 1.38. The summed E-state index contributed by atoms with van der Waals surface area (Å²) in [4.78, 5) is 34.4. The van der Waals surface area contributed by atoms with Gasteiger partial charge in [0.05, 0.1) is 23.4 Å². The van der Waals surface area contributed by atoms with E-state index in [-0.39, 0.29) is 17.9 Å². The standard InChI is InChI=1S/C30H38N6O2S/c1-19-10-8-12-26(22(19)4)36-21(3)16-25(33-36)28-23(5)32-30-35(29(28)38)24(18-39-30)17-27(37)31-13-9-15-34-14-7-6-11-20(34)2/h8,10,12,16,18,20H,6-7,9,11,13-15,17H2,1-5H3,(H,31,37). The molecule has 0 spiro atoms. The zero-order valence-corrected chi connectivity index (χ0v) is 24.4. The topological polar surface area (TPSA) is 84.5 Å². The molecular weight excluding hydrogens is 508 g/mol. The van der Waals surface area contributed by atoms with Crippen LogP contribution in [0.2, 0.25) is 0 Å². The van der Waals surface area contributed by atoms with Crippen LogP contribution < -0.4 is 10.9 Å². The smallest absolute Gasteiger partial charge is 0.268 e. The molecule has 0 aliphatic carbocycles. The second kappa shape index (κ2) is 11.4. The highest BCUT2D eigenvalue weighted by atomic mass is 32.1. The molecule has 0 saturated carbocycles. The highest BCUT2D eigenvalue weighted by Crippen LogP contribution is 2.25. The average molecular weight is 547 g/mol. The molecule has 1 atom stereocenters. The molecule has 1 fully saturated rings. The lowest BCUT2D eigenvalue weighted by Gasteiger charge is -2.33. The van der Waals surface area contributed by atoms with Gasteiger partial charge in [-0.2, -0.15) is 5.10 Å². The number of hydrogen-bond donors (Lipinski definition) is 1. The predicted octanol–water partition coefficient (Wildman–Crippen LogP) is 4.77. The summed E-state index contributed by atoms with van der Waals surface area (Å²) in [6.45, 7) is 13.1. The van der Waals surface area contributed by atoms with Gasteiger partial charge in [0.15, 0.2) is 4.96 Å². The third-order valence-electron chi connectivity index (χ3n) is 8.00. The monoisotopic (exact) mass is 546 g/mol. The van der Waals surface area contributed by atoms with Crippen molar-refractivity contribution < 1.29 is 4.79 Å². The summed E-state index contributed by atoms with van der Waals surface area (Å²) in [7, 11) is 0. The van der Waals surface area contributed by atoms with Crippen LogP contribution in [-0.2, 0) is 11.2 Å². The second-order valence-electron chi connectivity index (χ2n) is 10.8. The number of aryl methyl sites for hydroxylation is 3. The van der Waals surface area contributed by atoms with Gasteiger partial charge in [-0.15, -0.1) is 11.3 Å². The Morgan fingerprint density at radius 1 is 1.18 bits per heavy atom. The molecule has 4 aromatic rings. The maximum absolute atomic E-state index is 13.8. The average Bonchev–Trinajstić information content (AvgIpc) is 3.47. The van der Waals surface area contributed by atoms with Crippen LogP contribution in [0.3, 0.4) is 0 Å². The van der Waals surface area contributed by atoms with E-state index >= 15 is 0 Å². The van der Waals surface area contributed by atoms with Crippen LogP contribution in [0.4, 0.5) is 0 Å². The third kappa shape index (κ3) is 5.56. The van der Waals surface area contributed by atoms with Crippen LogP contribution in [0.5, 0.6) is 0 Å². The van der Waals surface area contributed by atoms with E-state index in [4.69, 9.17) is 10.1 Å². The molecule has 0 radical (unpaired) electrons. The molecule has 1 aliphatic heterocycles. The fourth-order valence-corrected chi connectivity index (χ4v) is 6.48. The largest absolute Gasteiger partial charge is 0.356 e. The number of nitrogens with zero attached hydrogens (tertiary/aromatic N) is 5. The number of carbonyl (C=O) groups excluding carboxylic acids is 1. The van der Waals surface area contributed by atoms with Gasteiger partial charge < -0.3 is 10.2 Å². The normalized spacial score (nSPS) is 16.2. The fraction of sp³-hybridized carbons (Fsp3) is 0.467. The zero-order chi connectivity index (χ0) is 27.7. The van der Waals surface area contributed by atoms with E-state index in [9.17, 15) is 9.59 Å². The summed E-state index contributed by atoms with van der Waals surface area (Å²) < 4.78 is 3.46. The number of hydrogen-bond acceptors (Lipinski definition) is 6. The van der Waals surface area contributed by atoms with Gasteiger partial charge in [-0.25, -0.2) is 9.67 Å². The van der Waals surface area contributed by atoms with E-state index in [1.54, 1.807) is 4.40 Å². The Balaban J connectivity index is 1.35. The van der Waals surface area contributed by atoms with Gasteiger partial charge in [-0.05, 0) is 83.7 Å². The molecule has 9 heteroatoms. The van der Waals surface area contributed by atoms with Gasteiger partial charge in [-0.3, -0.25) is 14.0 Å². The van der Waals surface area contributed by atoms with Crippen LogP contribution in [0.1, 0.15) is 60.8 Å². The van der Waals surface area contributed by atoms with Crippen LogP contribution in [0.25, 0.3) is 21.9 Å². The molecule has 0 bridgehead atoms. The Bertz CT molecular complexity index is 1570. The number of rotatable bonds is 8. The van der Waals surface area contributed by atoms with Gasteiger partial charge in [0.25, 0.3) is 5.56 Å². The van der Waals surface area contributed by atoms with Crippen molar-refractivity contribution in [2.45, 2.75) is 72.8 Å². The molecule has 5 rings (SSSR count). The SMILES string of the molecule is Cc1cccc(-n2nc(-c3c(C)nc4scc(CC(=O)NCCCN5CCCCC5C)n4c3=O)cc2C)c1C. The zero-order valence-electron chi connectivity index (χ0n) is 23.6. The Labute approximate surface area is 233 Å². The quantitative estimate of drug-likeness (QED) is 0.322. The van der Waals surface area contributed by atoms with Crippen molar-refractivity contribution in [3.05, 3.63) is 68.2 Å². The first kappa shape index (κ1) is 27.3. The van der Waals surface area contributed by atoms with Gasteiger partial charge in [0.1, 0.15) is 5.69 Å². The number of amides is 1. The van der Waals surface area contributed by atoms with Crippen molar-refractivity contribution >= 4 is 22.2 Å². The van der Waals surface area contributed by atoms with Crippen LogP contribution in [0.15, 0.2) is 34.4 Å². The minimum absolute atomic E-state index is 0.0783. The molecule has 206 valence electrons. The van der Waals surface area contributed by atoms with Gasteiger partial charge in [0.2, 0.25) is 5.91 Å². The Morgan fingerprint density at radius 3 is 2.79 bits per heavy atom. The van der Waals surface area contributed by atoms with E-state index < -0.39 is 0 Å². The number of fused-ring (bicyclic) bond motifs is 1. The number of likely N-dealkylation sites (tertiary alicyclic amines) is 1. The summed E-state index contributed by atoms with van der Waals surface area (Å²) in [5.41, 5.74) is 6.42. The third-order valence-corrected chi connectivity index (χ3v) is 8.87. The highest BCUT2D eigenvalue weighted by Gasteiger charge is 2.21. The van der Waals surface area contributed by atoms with Crippen molar-refractivity contribution in [1.29, 1.82) is 0 Å². The molecule has 1 saturated heterocycles. The molecule has 1 amide bonds. The number of benzene rings is 1. The van der Waals surface area contributed by atoms with Crippen molar-refractivity contribution in [3.8, 4) is 16.9 Å². The number of aromatic nitrogens is 4. The number of thiazole rings is 1. The molecule has 1 unspecified atom stereocenters. The van der Waals surface area contributed by atoms with Gasteiger partial charge >= 0.3 is 0 Å². The number of piperidine rings is 1. The summed E-state index contributed by atoms with van der Waals surface area (Å²) in [6.07, 6.45) is 4.89. The summed E-state index contributed by atoms with van der Waals surface area (Å²) in [5, 5.41) is 9.74. The minimum atomic E-state index is -0.189. The van der Waals surface area contributed by atoms with Crippen LogP contribution in [0, 0.1) is 27.7 Å². The van der Waals surface area contributed by atoms with Crippen molar-refractivity contribution in [1.82, 2.24) is 29.4 Å². The highest BCUT2D eigenvalue weighted by molar-refractivity contribution is 7.15. The Kier molecular flexibility index (Phi) is 8.00. The lowest BCUT2D eigenvalue weighted by Crippen LogP contribution is -2.39. The summed E-state index contributed by atoms with van der Waals surface area (Å²) in [6, 6.07) is 8.69. The van der Waals surface area contributed by atoms with Crippen LogP contribution in [-0.4, -0.2) is 55.6 Å². The molecular formula is C30H38N6O2S. The molecule has 4 heterocycles. The van der Waals surface area contributed by atoms with E-state index in [2.05, 4.69) is 37.1 Å². The Morgan fingerprint density at radius 2 is 2.00 bits per heavy atom. The number of carbonyl (C=O) groups is 1. The van der Waals surface area contributed by atoms with Crippen molar-refractivity contribution in [2.75, 3.05) is 19.6 Å². The molecule has 1 aromatic carbocycles. The first-order valence-electron chi connectivity index (χ1n) is 13.9. The maximum Gasteiger partial charge on any atom is 0.268 e. The van der Waals surface area contributed by atoms with Crippen molar-refractivity contribution in [2.24, 2.45) is 0 Å². The van der Waals surface area contributed by atoms with E-state index in [1.165, 1.54) is 36.2 Å². The first-order chi connectivity index (χ1) is 18.7. The van der Waals surface area contributed by atoms with E-state index in [0.717, 1.165) is 36.5 Å². The van der Waals surface area contributed by atoms with Crippen LogP contribution >= 0.6 is 11.3 Å².